The van der Waals surface area contributed by atoms with E-state index in [9.17, 15) is 0 Å². The lowest BCUT2D eigenvalue weighted by atomic mass is 9.70. The van der Waals surface area contributed by atoms with Crippen molar-refractivity contribution in [2.75, 3.05) is 26.2 Å². The summed E-state index contributed by atoms with van der Waals surface area (Å²) in [4.78, 5) is 2.67. The zero-order chi connectivity index (χ0) is 14.0. The molecule has 1 aromatic rings. The summed E-state index contributed by atoms with van der Waals surface area (Å²) < 4.78 is 0. The minimum absolute atomic E-state index is 0.605. The SMILES string of the molecule is C[C@]12CN(Cc3nnc(C4CNC4)s3)C[C@H]1[C@H]1CC[C@@H]2C1. The number of hydrogen-bond acceptors (Lipinski definition) is 5. The van der Waals surface area contributed by atoms with Gasteiger partial charge in [-0.1, -0.05) is 18.3 Å². The van der Waals surface area contributed by atoms with E-state index >= 15 is 0 Å². The molecule has 2 aliphatic heterocycles. The van der Waals surface area contributed by atoms with Crippen LogP contribution in [-0.2, 0) is 6.54 Å². The number of fused-ring (bicyclic) bond motifs is 5. The zero-order valence-electron chi connectivity index (χ0n) is 12.7. The number of aromatic nitrogens is 2. The van der Waals surface area contributed by atoms with Gasteiger partial charge in [0.25, 0.3) is 0 Å². The van der Waals surface area contributed by atoms with Gasteiger partial charge in [-0.15, -0.1) is 10.2 Å². The van der Waals surface area contributed by atoms with Crippen LogP contribution in [0.1, 0.15) is 42.1 Å². The van der Waals surface area contributed by atoms with Crippen LogP contribution in [0.25, 0.3) is 0 Å². The molecule has 4 atom stereocenters. The smallest absolute Gasteiger partial charge is 0.131 e. The number of rotatable bonds is 3. The fourth-order valence-electron chi connectivity index (χ4n) is 5.52. The van der Waals surface area contributed by atoms with Crippen molar-refractivity contribution in [3.63, 3.8) is 0 Å². The molecule has 0 unspecified atom stereocenters. The molecule has 21 heavy (non-hydrogen) atoms. The van der Waals surface area contributed by atoms with Crippen LogP contribution in [0.15, 0.2) is 0 Å². The summed E-state index contributed by atoms with van der Waals surface area (Å²) in [7, 11) is 0. The Hall–Kier alpha value is -0.520. The highest BCUT2D eigenvalue weighted by Gasteiger charge is 2.58. The Bertz CT molecular complexity index is 554. The number of nitrogens with one attached hydrogen (secondary N) is 1. The van der Waals surface area contributed by atoms with E-state index < -0.39 is 0 Å². The Labute approximate surface area is 130 Å². The van der Waals surface area contributed by atoms with Crippen molar-refractivity contribution >= 4 is 11.3 Å². The van der Waals surface area contributed by atoms with Gasteiger partial charge in [-0.25, -0.2) is 0 Å². The summed E-state index contributed by atoms with van der Waals surface area (Å²) in [5.41, 5.74) is 0.605. The van der Waals surface area contributed by atoms with E-state index in [0.29, 0.717) is 11.3 Å². The maximum atomic E-state index is 4.45. The van der Waals surface area contributed by atoms with Crippen molar-refractivity contribution in [1.82, 2.24) is 20.4 Å². The van der Waals surface area contributed by atoms with E-state index in [2.05, 4.69) is 27.3 Å². The van der Waals surface area contributed by atoms with Gasteiger partial charge >= 0.3 is 0 Å². The van der Waals surface area contributed by atoms with Crippen molar-refractivity contribution in [2.45, 2.75) is 38.6 Å². The van der Waals surface area contributed by atoms with E-state index in [1.165, 1.54) is 42.4 Å². The summed E-state index contributed by atoms with van der Waals surface area (Å²) in [6.45, 7) is 8.36. The first-order chi connectivity index (χ1) is 10.2. The summed E-state index contributed by atoms with van der Waals surface area (Å²) in [6, 6.07) is 0. The van der Waals surface area contributed by atoms with Crippen molar-refractivity contribution in [2.24, 2.45) is 23.2 Å². The molecule has 3 heterocycles. The molecule has 2 saturated carbocycles. The normalized spacial score (nSPS) is 42.4. The van der Waals surface area contributed by atoms with Gasteiger partial charge in [0.05, 0.1) is 6.54 Å². The molecular weight excluding hydrogens is 280 g/mol. The molecule has 0 radical (unpaired) electrons. The minimum Gasteiger partial charge on any atom is -0.315 e. The highest BCUT2D eigenvalue weighted by molar-refractivity contribution is 7.11. The summed E-state index contributed by atoms with van der Waals surface area (Å²) in [5.74, 6) is 3.61. The maximum Gasteiger partial charge on any atom is 0.131 e. The van der Waals surface area contributed by atoms with Gasteiger partial charge in [0.2, 0.25) is 0 Å². The molecule has 2 saturated heterocycles. The average Bonchev–Trinajstić information content (AvgIpc) is 3.08. The Morgan fingerprint density at radius 1 is 1.33 bits per heavy atom. The predicted octanol–water partition coefficient (Wildman–Crippen LogP) is 2.09. The highest BCUT2D eigenvalue weighted by atomic mass is 32.1. The molecule has 1 aromatic heterocycles. The van der Waals surface area contributed by atoms with Crippen molar-refractivity contribution in [3.8, 4) is 0 Å². The number of likely N-dealkylation sites (tertiary alicyclic amines) is 1. The van der Waals surface area contributed by atoms with Gasteiger partial charge < -0.3 is 5.32 Å². The van der Waals surface area contributed by atoms with Crippen LogP contribution in [0.4, 0.5) is 0 Å². The third-order valence-electron chi connectivity index (χ3n) is 6.81. The topological polar surface area (TPSA) is 41.1 Å². The molecular formula is C16H24N4S. The van der Waals surface area contributed by atoms with E-state index in [1.807, 2.05) is 11.3 Å². The fraction of sp³-hybridized carbons (Fsp3) is 0.875. The molecule has 4 aliphatic rings. The summed E-state index contributed by atoms with van der Waals surface area (Å²) in [5, 5.41) is 14.7. The predicted molar refractivity (Wildman–Crippen MR) is 83.2 cm³/mol. The maximum absolute atomic E-state index is 4.45. The third kappa shape index (κ3) is 1.87. The van der Waals surface area contributed by atoms with E-state index in [0.717, 1.165) is 37.4 Å². The molecule has 4 fully saturated rings. The van der Waals surface area contributed by atoms with Crippen LogP contribution in [0, 0.1) is 23.2 Å². The lowest BCUT2D eigenvalue weighted by Crippen LogP contribution is -2.39. The molecule has 0 aromatic carbocycles. The Kier molecular flexibility index (Phi) is 2.77. The van der Waals surface area contributed by atoms with E-state index in [1.54, 1.807) is 0 Å². The van der Waals surface area contributed by atoms with Gasteiger partial charge in [0.1, 0.15) is 10.0 Å². The van der Waals surface area contributed by atoms with E-state index in [4.69, 9.17) is 0 Å². The molecule has 0 amide bonds. The lowest BCUT2D eigenvalue weighted by Gasteiger charge is -2.34. The van der Waals surface area contributed by atoms with Gasteiger partial charge in [-0.2, -0.15) is 0 Å². The minimum atomic E-state index is 0.605. The average molecular weight is 304 g/mol. The van der Waals surface area contributed by atoms with Gasteiger partial charge in [-0.3, -0.25) is 4.90 Å². The van der Waals surface area contributed by atoms with Crippen LogP contribution < -0.4 is 5.32 Å². The second-order valence-electron chi connectivity index (χ2n) is 7.94. The lowest BCUT2D eigenvalue weighted by molar-refractivity contribution is 0.150. The Morgan fingerprint density at radius 2 is 2.24 bits per heavy atom. The Balaban J connectivity index is 1.29. The highest BCUT2D eigenvalue weighted by Crippen LogP contribution is 2.62. The number of nitrogens with zero attached hydrogens (tertiary/aromatic N) is 3. The second-order valence-corrected chi connectivity index (χ2v) is 9.03. The molecule has 2 bridgehead atoms. The first-order valence-electron chi connectivity index (χ1n) is 8.48. The van der Waals surface area contributed by atoms with Gasteiger partial charge in [-0.05, 0) is 42.4 Å². The van der Waals surface area contributed by atoms with Crippen molar-refractivity contribution in [1.29, 1.82) is 0 Å². The monoisotopic (exact) mass is 304 g/mol. The fourth-order valence-corrected chi connectivity index (χ4v) is 6.51. The summed E-state index contributed by atoms with van der Waals surface area (Å²) in [6.07, 6.45) is 4.51. The quantitative estimate of drug-likeness (QED) is 0.928. The van der Waals surface area contributed by atoms with Gasteiger partial charge in [0, 0.05) is 32.1 Å². The van der Waals surface area contributed by atoms with Crippen molar-refractivity contribution < 1.29 is 0 Å². The standard InChI is InChI=1S/C16H24N4S/c1-16-9-20(7-13(16)10-2-3-12(16)4-10)8-14-18-19-15(21-14)11-5-17-6-11/h10-13,17H,2-9H2,1H3/t10-,12+,13-,16+/m0/s1. The van der Waals surface area contributed by atoms with Crippen LogP contribution >= 0.6 is 11.3 Å². The van der Waals surface area contributed by atoms with Gasteiger partial charge in [0.15, 0.2) is 0 Å². The summed E-state index contributed by atoms with van der Waals surface area (Å²) >= 11 is 1.84. The molecule has 5 rings (SSSR count). The number of hydrogen-bond donors (Lipinski definition) is 1. The first kappa shape index (κ1) is 13.0. The van der Waals surface area contributed by atoms with Crippen LogP contribution in [0.2, 0.25) is 0 Å². The molecule has 0 spiro atoms. The van der Waals surface area contributed by atoms with Crippen LogP contribution in [0.3, 0.4) is 0 Å². The van der Waals surface area contributed by atoms with Crippen LogP contribution in [0.5, 0.6) is 0 Å². The second kappa shape index (κ2) is 4.49. The molecule has 1 N–H and O–H groups in total. The largest absolute Gasteiger partial charge is 0.315 e. The van der Waals surface area contributed by atoms with Crippen LogP contribution in [-0.4, -0.2) is 41.3 Å². The van der Waals surface area contributed by atoms with E-state index in [-0.39, 0.29) is 0 Å². The Morgan fingerprint density at radius 3 is 3.00 bits per heavy atom. The first-order valence-corrected chi connectivity index (χ1v) is 9.29. The molecule has 5 heteroatoms. The molecule has 4 nitrogen and oxygen atoms in total. The van der Waals surface area contributed by atoms with Crippen molar-refractivity contribution in [3.05, 3.63) is 10.0 Å². The zero-order valence-corrected chi connectivity index (χ0v) is 13.5. The molecule has 114 valence electrons. The third-order valence-corrected chi connectivity index (χ3v) is 7.88. The molecule has 2 aliphatic carbocycles.